The van der Waals surface area contributed by atoms with Gasteiger partial charge in [-0.1, -0.05) is 26.2 Å². The average molecular weight is 391 g/mol. The molecule has 1 amide bonds. The van der Waals surface area contributed by atoms with E-state index in [1.807, 2.05) is 22.6 Å². The summed E-state index contributed by atoms with van der Waals surface area (Å²) < 4.78 is 20.0. The van der Waals surface area contributed by atoms with Gasteiger partial charge in [-0.05, 0) is 53.6 Å². The van der Waals surface area contributed by atoms with Crippen LogP contribution in [0, 0.1) is 9.39 Å². The van der Waals surface area contributed by atoms with Crippen LogP contribution in [0.3, 0.4) is 0 Å². The van der Waals surface area contributed by atoms with Gasteiger partial charge >= 0.3 is 6.09 Å². The molecule has 0 N–H and O–H groups in total. The van der Waals surface area contributed by atoms with Crippen LogP contribution in [0.25, 0.3) is 0 Å². The lowest BCUT2D eigenvalue weighted by molar-refractivity contribution is 0.135. The van der Waals surface area contributed by atoms with Crippen molar-refractivity contribution in [3.8, 4) is 0 Å². The Morgan fingerprint density at radius 1 is 1.40 bits per heavy atom. The molecule has 1 saturated heterocycles. The van der Waals surface area contributed by atoms with Gasteiger partial charge in [-0.25, -0.2) is 9.18 Å². The van der Waals surface area contributed by atoms with Crippen LogP contribution in [0.2, 0.25) is 0 Å². The van der Waals surface area contributed by atoms with E-state index in [0.717, 1.165) is 22.8 Å². The minimum absolute atomic E-state index is 0.113. The number of hydrogen-bond donors (Lipinski definition) is 0. The van der Waals surface area contributed by atoms with E-state index < -0.39 is 6.09 Å². The molecular formula is C15H19FINO2. The first-order valence-electron chi connectivity index (χ1n) is 7.05. The molecule has 5 heteroatoms. The molecule has 110 valence electrons. The van der Waals surface area contributed by atoms with Gasteiger partial charge in [0.2, 0.25) is 0 Å². The second-order valence-electron chi connectivity index (χ2n) is 5.06. The summed E-state index contributed by atoms with van der Waals surface area (Å²) in [5, 5.41) is 0. The van der Waals surface area contributed by atoms with Crippen LogP contribution in [0.4, 0.5) is 14.9 Å². The van der Waals surface area contributed by atoms with Crippen LogP contribution < -0.4 is 4.90 Å². The second kappa shape index (κ2) is 7.24. The minimum Gasteiger partial charge on any atom is -0.444 e. The van der Waals surface area contributed by atoms with E-state index >= 15 is 0 Å². The van der Waals surface area contributed by atoms with Gasteiger partial charge in [0.05, 0.1) is 12.2 Å². The zero-order chi connectivity index (χ0) is 14.5. The molecule has 0 bridgehead atoms. The summed E-state index contributed by atoms with van der Waals surface area (Å²) in [5.74, 6) is -0.375. The summed E-state index contributed by atoms with van der Waals surface area (Å²) in [6.45, 7) is 2.61. The fourth-order valence-electron chi connectivity index (χ4n) is 2.37. The Labute approximate surface area is 132 Å². The summed E-state index contributed by atoms with van der Waals surface area (Å²) in [7, 11) is 0. The Morgan fingerprint density at radius 2 is 2.20 bits per heavy atom. The molecule has 0 spiro atoms. The van der Waals surface area contributed by atoms with E-state index in [2.05, 4.69) is 6.92 Å². The van der Waals surface area contributed by atoms with E-state index in [1.165, 1.54) is 23.8 Å². The highest BCUT2D eigenvalue weighted by atomic mass is 127. The number of carbonyl (C=O) groups is 1. The number of carbonyl (C=O) groups excluding carboxylic acids is 1. The Bertz CT molecular complexity index is 481. The molecule has 1 aromatic rings. The molecule has 3 nitrogen and oxygen atoms in total. The van der Waals surface area contributed by atoms with Crippen LogP contribution in [-0.2, 0) is 4.74 Å². The van der Waals surface area contributed by atoms with Crippen LogP contribution in [0.5, 0.6) is 0 Å². The molecular weight excluding hydrogens is 372 g/mol. The van der Waals surface area contributed by atoms with E-state index in [-0.39, 0.29) is 11.9 Å². The number of nitrogens with zero attached hydrogens (tertiary/aromatic N) is 1. The number of benzene rings is 1. The zero-order valence-corrected chi connectivity index (χ0v) is 13.7. The van der Waals surface area contributed by atoms with Crippen molar-refractivity contribution in [1.82, 2.24) is 0 Å². The fourth-order valence-corrected chi connectivity index (χ4v) is 2.82. The number of anilines is 1. The zero-order valence-electron chi connectivity index (χ0n) is 11.6. The summed E-state index contributed by atoms with van der Waals surface area (Å²) in [4.78, 5) is 13.2. The number of halogens is 2. The molecule has 1 fully saturated rings. The quantitative estimate of drug-likeness (QED) is 0.519. The second-order valence-corrected chi connectivity index (χ2v) is 6.31. The molecule has 0 radical (unpaired) electrons. The van der Waals surface area contributed by atoms with Crippen molar-refractivity contribution >= 4 is 34.4 Å². The van der Waals surface area contributed by atoms with Crippen LogP contribution >= 0.6 is 22.6 Å². The third-order valence-corrected chi connectivity index (χ3v) is 4.13. The highest BCUT2D eigenvalue weighted by Gasteiger charge is 2.33. The number of rotatable bonds is 6. The minimum atomic E-state index is -0.439. The summed E-state index contributed by atoms with van der Waals surface area (Å²) in [5.41, 5.74) is 0.312. The maximum Gasteiger partial charge on any atom is 0.414 e. The van der Waals surface area contributed by atoms with Gasteiger partial charge in [0, 0.05) is 3.57 Å². The first-order chi connectivity index (χ1) is 9.61. The Balaban J connectivity index is 1.95. The Morgan fingerprint density at radius 3 is 2.90 bits per heavy atom. The summed E-state index contributed by atoms with van der Waals surface area (Å²) in [6.07, 6.45) is 4.90. The number of cyclic esters (lactones) is 1. The number of hydrogen-bond acceptors (Lipinski definition) is 2. The lowest BCUT2D eigenvalue weighted by Crippen LogP contribution is -2.25. The van der Waals surface area contributed by atoms with Crippen molar-refractivity contribution in [2.24, 2.45) is 0 Å². The number of unbranched alkanes of at least 4 members (excludes halogenated alkanes) is 3. The lowest BCUT2D eigenvalue weighted by Gasteiger charge is -2.14. The Hall–Kier alpha value is -0.850. The highest BCUT2D eigenvalue weighted by Crippen LogP contribution is 2.27. The van der Waals surface area contributed by atoms with Gasteiger partial charge in [0.1, 0.15) is 11.9 Å². The summed E-state index contributed by atoms with van der Waals surface area (Å²) in [6, 6.07) is 4.86. The molecule has 2 rings (SSSR count). The molecule has 0 aromatic heterocycles. The van der Waals surface area contributed by atoms with Gasteiger partial charge < -0.3 is 4.74 Å². The van der Waals surface area contributed by atoms with Crippen LogP contribution in [0.1, 0.15) is 39.0 Å². The SMILES string of the molecule is CCCCCCC1CN(c2ccc(I)cc2F)C(=O)O1. The molecule has 0 aliphatic carbocycles. The van der Waals surface area contributed by atoms with Gasteiger partial charge in [0.15, 0.2) is 0 Å². The van der Waals surface area contributed by atoms with Crippen molar-refractivity contribution in [3.05, 3.63) is 27.6 Å². The molecule has 1 aliphatic heterocycles. The van der Waals surface area contributed by atoms with Crippen molar-refractivity contribution in [2.75, 3.05) is 11.4 Å². The van der Waals surface area contributed by atoms with Gasteiger partial charge in [0.25, 0.3) is 0 Å². The maximum absolute atomic E-state index is 13.9. The monoisotopic (exact) mass is 391 g/mol. The standard InChI is InChI=1S/C15H19FINO2/c1-2-3-4-5-6-12-10-18(15(19)20-12)14-8-7-11(17)9-13(14)16/h7-9,12H,2-6,10H2,1H3. The van der Waals surface area contributed by atoms with E-state index in [1.54, 1.807) is 12.1 Å². The number of ether oxygens (including phenoxy) is 1. The third-order valence-electron chi connectivity index (χ3n) is 3.45. The predicted molar refractivity (Wildman–Crippen MR) is 85.5 cm³/mol. The van der Waals surface area contributed by atoms with E-state index in [9.17, 15) is 9.18 Å². The molecule has 0 saturated carbocycles. The third kappa shape index (κ3) is 3.84. The van der Waals surface area contributed by atoms with E-state index in [0.29, 0.717) is 12.2 Å². The molecule has 1 atom stereocenters. The molecule has 1 aliphatic rings. The summed E-state index contributed by atoms with van der Waals surface area (Å²) >= 11 is 2.05. The molecule has 1 aromatic carbocycles. The van der Waals surface area contributed by atoms with Crippen molar-refractivity contribution in [1.29, 1.82) is 0 Å². The molecule has 1 unspecified atom stereocenters. The molecule has 1 heterocycles. The van der Waals surface area contributed by atoms with Crippen LogP contribution in [0.15, 0.2) is 18.2 Å². The van der Waals surface area contributed by atoms with Crippen LogP contribution in [-0.4, -0.2) is 18.7 Å². The predicted octanol–water partition coefficient (Wildman–Crippen LogP) is 4.73. The van der Waals surface area contributed by atoms with Crippen molar-refractivity contribution < 1.29 is 13.9 Å². The largest absolute Gasteiger partial charge is 0.444 e. The first kappa shape index (κ1) is 15.5. The number of amides is 1. The topological polar surface area (TPSA) is 29.5 Å². The van der Waals surface area contributed by atoms with E-state index in [4.69, 9.17) is 4.74 Å². The average Bonchev–Trinajstić information content (AvgIpc) is 2.76. The van der Waals surface area contributed by atoms with Crippen molar-refractivity contribution in [2.45, 2.75) is 45.1 Å². The molecule has 20 heavy (non-hydrogen) atoms. The van der Waals surface area contributed by atoms with Gasteiger partial charge in [-0.3, -0.25) is 4.90 Å². The van der Waals surface area contributed by atoms with Gasteiger partial charge in [-0.15, -0.1) is 0 Å². The van der Waals surface area contributed by atoms with Crippen molar-refractivity contribution in [3.63, 3.8) is 0 Å². The maximum atomic E-state index is 13.9. The fraction of sp³-hybridized carbons (Fsp3) is 0.533. The van der Waals surface area contributed by atoms with Gasteiger partial charge in [-0.2, -0.15) is 0 Å². The lowest BCUT2D eigenvalue weighted by atomic mass is 10.1. The normalized spacial score (nSPS) is 18.4. The highest BCUT2D eigenvalue weighted by molar-refractivity contribution is 14.1. The Kier molecular flexibility index (Phi) is 5.63. The smallest absolute Gasteiger partial charge is 0.414 e. The first-order valence-corrected chi connectivity index (χ1v) is 8.13.